The Morgan fingerprint density at radius 1 is 0.941 bits per heavy atom. The summed E-state index contributed by atoms with van der Waals surface area (Å²) < 4.78 is 13.5. The molecule has 0 N–H and O–H groups in total. The van der Waals surface area contributed by atoms with Crippen LogP contribution < -0.4 is 9.47 Å². The molecule has 0 saturated carbocycles. The summed E-state index contributed by atoms with van der Waals surface area (Å²) in [5.74, 6) is 2.27. The number of piperazine rings is 1. The molecule has 1 aliphatic heterocycles. The minimum atomic E-state index is -0.210. The summed E-state index contributed by atoms with van der Waals surface area (Å²) in [5, 5.41) is 13.1. The van der Waals surface area contributed by atoms with Crippen LogP contribution in [-0.2, 0) is 12.1 Å². The summed E-state index contributed by atoms with van der Waals surface area (Å²) >= 11 is 0. The predicted octanol–water partition coefficient (Wildman–Crippen LogP) is 3.74. The zero-order valence-electron chi connectivity index (χ0n) is 20.9. The van der Waals surface area contributed by atoms with Crippen molar-refractivity contribution >= 4 is 0 Å². The molecule has 182 valence electrons. The van der Waals surface area contributed by atoms with Crippen LogP contribution in [0.4, 0.5) is 0 Å². The molecule has 1 atom stereocenters. The molecule has 1 aliphatic rings. The van der Waals surface area contributed by atoms with Gasteiger partial charge in [0.25, 0.3) is 0 Å². The van der Waals surface area contributed by atoms with Gasteiger partial charge in [-0.1, -0.05) is 49.4 Å². The van der Waals surface area contributed by atoms with E-state index in [2.05, 4.69) is 82.5 Å². The minimum Gasteiger partial charge on any atom is -0.493 e. The largest absolute Gasteiger partial charge is 0.493 e. The third-order valence-electron chi connectivity index (χ3n) is 6.93. The molecular weight excluding hydrogens is 428 g/mol. The summed E-state index contributed by atoms with van der Waals surface area (Å²) in [7, 11) is 3.36. The van der Waals surface area contributed by atoms with Crippen molar-refractivity contribution < 1.29 is 9.47 Å². The van der Waals surface area contributed by atoms with Crippen LogP contribution in [0.25, 0.3) is 0 Å². The van der Waals surface area contributed by atoms with Crippen molar-refractivity contribution in [2.75, 3.05) is 40.4 Å². The molecule has 34 heavy (non-hydrogen) atoms. The van der Waals surface area contributed by atoms with Gasteiger partial charge in [-0.3, -0.25) is 9.80 Å². The van der Waals surface area contributed by atoms with E-state index in [1.54, 1.807) is 14.2 Å². The van der Waals surface area contributed by atoms with Crippen molar-refractivity contribution in [2.45, 2.75) is 45.3 Å². The second-order valence-corrected chi connectivity index (χ2v) is 9.40. The van der Waals surface area contributed by atoms with Gasteiger partial charge >= 0.3 is 0 Å². The Morgan fingerprint density at radius 3 is 2.32 bits per heavy atom. The highest BCUT2D eigenvalue weighted by molar-refractivity contribution is 5.49. The van der Waals surface area contributed by atoms with Gasteiger partial charge in [0.2, 0.25) is 0 Å². The fourth-order valence-electron chi connectivity index (χ4n) is 4.59. The Labute approximate surface area is 202 Å². The van der Waals surface area contributed by atoms with E-state index >= 15 is 0 Å². The zero-order chi connectivity index (χ0) is 24.1. The predicted molar refractivity (Wildman–Crippen MR) is 132 cm³/mol. The zero-order valence-corrected chi connectivity index (χ0v) is 20.9. The maximum atomic E-state index is 5.85. The third kappa shape index (κ3) is 4.93. The van der Waals surface area contributed by atoms with E-state index in [0.717, 1.165) is 56.3 Å². The lowest BCUT2D eigenvalue weighted by atomic mass is 9.98. The number of nitrogens with zero attached hydrogens (tertiary/aromatic N) is 6. The molecule has 8 heteroatoms. The fraction of sp³-hybridized carbons (Fsp3) is 0.500. The second-order valence-electron chi connectivity index (χ2n) is 9.40. The highest BCUT2D eigenvalue weighted by Crippen LogP contribution is 2.40. The molecule has 4 rings (SSSR count). The Morgan fingerprint density at radius 2 is 1.68 bits per heavy atom. The highest BCUT2D eigenvalue weighted by Gasteiger charge is 2.36. The first-order chi connectivity index (χ1) is 16.5. The van der Waals surface area contributed by atoms with Gasteiger partial charge in [-0.15, -0.1) is 5.10 Å². The van der Waals surface area contributed by atoms with Crippen LogP contribution in [0.1, 0.15) is 50.2 Å². The topological polar surface area (TPSA) is 68.5 Å². The van der Waals surface area contributed by atoms with Gasteiger partial charge in [0.15, 0.2) is 17.3 Å². The van der Waals surface area contributed by atoms with Crippen molar-refractivity contribution in [3.05, 3.63) is 65.5 Å². The molecule has 8 nitrogen and oxygen atoms in total. The third-order valence-corrected chi connectivity index (χ3v) is 6.93. The van der Waals surface area contributed by atoms with Gasteiger partial charge in [-0.2, -0.15) is 0 Å². The molecular formula is C26H36N6O2. The van der Waals surface area contributed by atoms with E-state index in [1.807, 2.05) is 16.8 Å². The SMILES string of the molecule is CCC(C)(C)n1nnnc1[C@@H](c1cccc(OC)c1OC)N1CCN(Cc2ccccc2)CC1. The average Bonchev–Trinajstić information content (AvgIpc) is 3.36. The number of hydrogen-bond acceptors (Lipinski definition) is 7. The number of methoxy groups -OCH3 is 2. The summed E-state index contributed by atoms with van der Waals surface area (Å²) in [6.45, 7) is 11.2. The number of para-hydroxylation sites is 1. The Bertz CT molecular complexity index is 1060. The number of aromatic nitrogens is 4. The van der Waals surface area contributed by atoms with Gasteiger partial charge < -0.3 is 9.47 Å². The van der Waals surface area contributed by atoms with Gasteiger partial charge in [0, 0.05) is 38.3 Å². The molecule has 1 aromatic heterocycles. The van der Waals surface area contributed by atoms with Gasteiger partial charge in [0.1, 0.15) is 6.04 Å². The normalized spacial score (nSPS) is 16.4. The van der Waals surface area contributed by atoms with Gasteiger partial charge in [0.05, 0.1) is 19.8 Å². The quantitative estimate of drug-likeness (QED) is 0.478. The maximum Gasteiger partial charge on any atom is 0.173 e. The van der Waals surface area contributed by atoms with Crippen LogP contribution in [-0.4, -0.2) is 70.4 Å². The van der Waals surface area contributed by atoms with E-state index in [1.165, 1.54) is 5.56 Å². The summed E-state index contributed by atoms with van der Waals surface area (Å²) in [6.07, 6.45) is 0.915. The lowest BCUT2D eigenvalue weighted by Gasteiger charge is -2.40. The van der Waals surface area contributed by atoms with Crippen LogP contribution in [0.5, 0.6) is 11.5 Å². The fourth-order valence-corrected chi connectivity index (χ4v) is 4.59. The Balaban J connectivity index is 1.68. The van der Waals surface area contributed by atoms with Crippen molar-refractivity contribution in [1.29, 1.82) is 0 Å². The molecule has 0 amide bonds. The standard InChI is InChI=1S/C26H36N6O2/c1-6-26(2,3)32-25(27-28-29-32)23(21-13-10-14-22(33-4)24(21)34-5)31-17-15-30(16-18-31)19-20-11-8-7-9-12-20/h7-14,23H,6,15-19H2,1-5H3/t23-/m1/s1. The number of benzene rings is 2. The van der Waals surface area contributed by atoms with Crippen LogP contribution in [0.2, 0.25) is 0 Å². The number of rotatable bonds is 9. The average molecular weight is 465 g/mol. The van der Waals surface area contributed by atoms with Crippen LogP contribution >= 0.6 is 0 Å². The van der Waals surface area contributed by atoms with Crippen molar-refractivity contribution in [1.82, 2.24) is 30.0 Å². The van der Waals surface area contributed by atoms with Crippen LogP contribution in [0.3, 0.4) is 0 Å². The first-order valence-corrected chi connectivity index (χ1v) is 12.0. The maximum absolute atomic E-state index is 5.85. The second kappa shape index (κ2) is 10.5. The first-order valence-electron chi connectivity index (χ1n) is 12.0. The molecule has 1 fully saturated rings. The monoisotopic (exact) mass is 464 g/mol. The molecule has 0 bridgehead atoms. The van der Waals surface area contributed by atoms with Gasteiger partial charge in [-0.05, 0) is 42.3 Å². The Hall–Kier alpha value is -2.97. The number of tetrazole rings is 1. The van der Waals surface area contributed by atoms with Gasteiger partial charge in [-0.25, -0.2) is 4.68 Å². The molecule has 0 aliphatic carbocycles. The molecule has 0 unspecified atom stereocenters. The van der Waals surface area contributed by atoms with E-state index in [0.29, 0.717) is 5.75 Å². The molecule has 3 aromatic rings. The molecule has 2 aromatic carbocycles. The van der Waals surface area contributed by atoms with Crippen molar-refractivity contribution in [2.24, 2.45) is 0 Å². The van der Waals surface area contributed by atoms with Crippen LogP contribution in [0, 0.1) is 0 Å². The number of hydrogen-bond donors (Lipinski definition) is 0. The number of ether oxygens (including phenoxy) is 2. The molecule has 1 saturated heterocycles. The first kappa shape index (κ1) is 24.2. The van der Waals surface area contributed by atoms with Crippen molar-refractivity contribution in [3.8, 4) is 11.5 Å². The Kier molecular flexibility index (Phi) is 7.48. The smallest absolute Gasteiger partial charge is 0.173 e. The van der Waals surface area contributed by atoms with E-state index < -0.39 is 0 Å². The van der Waals surface area contributed by atoms with E-state index in [9.17, 15) is 0 Å². The minimum absolute atomic E-state index is 0.148. The lowest BCUT2D eigenvalue weighted by Crippen LogP contribution is -2.48. The molecule has 2 heterocycles. The van der Waals surface area contributed by atoms with E-state index in [-0.39, 0.29) is 11.6 Å². The lowest BCUT2D eigenvalue weighted by molar-refractivity contribution is 0.0961. The molecule has 0 radical (unpaired) electrons. The van der Waals surface area contributed by atoms with Crippen molar-refractivity contribution in [3.63, 3.8) is 0 Å². The summed E-state index contributed by atoms with van der Waals surface area (Å²) in [4.78, 5) is 4.97. The van der Waals surface area contributed by atoms with Crippen LogP contribution in [0.15, 0.2) is 48.5 Å². The summed E-state index contributed by atoms with van der Waals surface area (Å²) in [5.41, 5.74) is 2.15. The summed E-state index contributed by atoms with van der Waals surface area (Å²) in [6, 6.07) is 16.5. The molecule has 0 spiro atoms. The van der Waals surface area contributed by atoms with E-state index in [4.69, 9.17) is 9.47 Å². The highest BCUT2D eigenvalue weighted by atomic mass is 16.5.